The Morgan fingerprint density at radius 2 is 2.30 bits per heavy atom. The summed E-state index contributed by atoms with van der Waals surface area (Å²) in [6.07, 6.45) is 5.95. The average Bonchev–Trinajstić information content (AvgIpc) is 2.92. The monoisotopic (exact) mass is 311 g/mol. The predicted molar refractivity (Wildman–Crippen MR) is 87.4 cm³/mol. The largest absolute Gasteiger partial charge is 0.490 e. The van der Waals surface area contributed by atoms with Crippen LogP contribution >= 0.6 is 0 Å². The zero-order valence-corrected chi connectivity index (χ0v) is 13.5. The highest BCUT2D eigenvalue weighted by molar-refractivity contribution is 5.94. The van der Waals surface area contributed by atoms with Crippen LogP contribution in [0.3, 0.4) is 0 Å². The van der Waals surface area contributed by atoms with E-state index in [0.717, 1.165) is 36.3 Å². The maximum atomic E-state index is 12.4. The Morgan fingerprint density at radius 3 is 3.13 bits per heavy atom. The first-order valence-electron chi connectivity index (χ1n) is 8.03. The van der Waals surface area contributed by atoms with Crippen LogP contribution in [-0.4, -0.2) is 22.0 Å². The lowest BCUT2D eigenvalue weighted by Crippen LogP contribution is -2.24. The summed E-state index contributed by atoms with van der Waals surface area (Å²) in [7, 11) is 0. The van der Waals surface area contributed by atoms with Gasteiger partial charge in [0.05, 0.1) is 11.3 Å². The molecule has 0 radical (unpaired) electrons. The van der Waals surface area contributed by atoms with E-state index in [1.54, 1.807) is 6.20 Å². The molecule has 3 rings (SSSR count). The van der Waals surface area contributed by atoms with Gasteiger partial charge in [0.25, 0.3) is 5.91 Å². The van der Waals surface area contributed by atoms with E-state index in [1.807, 2.05) is 12.1 Å². The normalized spacial score (nSPS) is 15.8. The minimum absolute atomic E-state index is 0.126. The summed E-state index contributed by atoms with van der Waals surface area (Å²) in [5.74, 6) is 0.827. The molecule has 2 heterocycles. The smallest absolute Gasteiger partial charge is 0.254 e. The molecule has 1 aliphatic heterocycles. The van der Waals surface area contributed by atoms with Crippen LogP contribution in [0.1, 0.15) is 47.4 Å². The number of aryl methyl sites for hydroxylation is 1. The van der Waals surface area contributed by atoms with E-state index in [9.17, 15) is 4.79 Å². The van der Waals surface area contributed by atoms with E-state index in [2.05, 4.69) is 35.2 Å². The summed E-state index contributed by atoms with van der Waals surface area (Å²) in [5, 5.41) is 2.96. The highest BCUT2D eigenvalue weighted by atomic mass is 16.5. The molecular formula is C18H21N3O2. The Kier molecular flexibility index (Phi) is 4.55. The predicted octanol–water partition coefficient (Wildman–Crippen LogP) is 2.68. The zero-order chi connectivity index (χ0) is 16.2. The Labute approximate surface area is 136 Å². The van der Waals surface area contributed by atoms with Crippen molar-refractivity contribution in [3.05, 3.63) is 53.1 Å². The van der Waals surface area contributed by atoms with Gasteiger partial charge in [-0.3, -0.25) is 4.79 Å². The molecule has 0 aliphatic carbocycles. The van der Waals surface area contributed by atoms with Crippen molar-refractivity contribution in [2.24, 2.45) is 0 Å². The second-order valence-electron chi connectivity index (χ2n) is 5.89. The first-order chi connectivity index (χ1) is 11.2. The van der Waals surface area contributed by atoms with Gasteiger partial charge in [-0.15, -0.1) is 0 Å². The molecule has 0 spiro atoms. The number of ether oxygens (including phenoxy) is 1. The molecule has 1 atom stereocenters. The summed E-state index contributed by atoms with van der Waals surface area (Å²) >= 11 is 0. The number of benzene rings is 1. The van der Waals surface area contributed by atoms with Crippen molar-refractivity contribution in [3.63, 3.8) is 0 Å². The lowest BCUT2D eigenvalue weighted by Gasteiger charge is -2.09. The van der Waals surface area contributed by atoms with Crippen LogP contribution in [0.25, 0.3) is 0 Å². The fourth-order valence-corrected chi connectivity index (χ4v) is 2.84. The molecule has 2 aromatic rings. The minimum atomic E-state index is -0.126. The van der Waals surface area contributed by atoms with Crippen molar-refractivity contribution >= 4 is 5.91 Å². The van der Waals surface area contributed by atoms with Crippen LogP contribution < -0.4 is 10.1 Å². The van der Waals surface area contributed by atoms with Crippen LogP contribution in [0, 0.1) is 0 Å². The maximum absolute atomic E-state index is 12.4. The number of carbonyl (C=O) groups excluding carboxylic acids is 1. The molecule has 23 heavy (non-hydrogen) atoms. The molecule has 5 nitrogen and oxygen atoms in total. The van der Waals surface area contributed by atoms with Gasteiger partial charge in [0.15, 0.2) is 0 Å². The standard InChI is InChI=1S/C18H21N3O2/c1-3-4-16-15(10-19-11-21-16)18(22)20-9-13-5-6-17-14(8-13)7-12(2)23-17/h5-6,8,10-12H,3-4,7,9H2,1-2H3,(H,20,22)/t12-/m1/s1. The Bertz CT molecular complexity index is 715. The van der Waals surface area contributed by atoms with Crippen molar-refractivity contribution in [3.8, 4) is 5.75 Å². The number of amides is 1. The fourth-order valence-electron chi connectivity index (χ4n) is 2.84. The van der Waals surface area contributed by atoms with Gasteiger partial charge in [0, 0.05) is 19.2 Å². The van der Waals surface area contributed by atoms with Gasteiger partial charge in [0.2, 0.25) is 0 Å². The SMILES string of the molecule is CCCc1ncncc1C(=O)NCc1ccc2c(c1)C[C@@H](C)O2. The number of carbonyl (C=O) groups is 1. The lowest BCUT2D eigenvalue weighted by molar-refractivity contribution is 0.0949. The van der Waals surface area contributed by atoms with E-state index < -0.39 is 0 Å². The quantitative estimate of drug-likeness (QED) is 0.922. The molecule has 0 saturated heterocycles. The van der Waals surface area contributed by atoms with Gasteiger partial charge >= 0.3 is 0 Å². The second kappa shape index (κ2) is 6.77. The van der Waals surface area contributed by atoms with Gasteiger partial charge in [-0.1, -0.05) is 25.5 Å². The van der Waals surface area contributed by atoms with Gasteiger partial charge in [0.1, 0.15) is 18.2 Å². The number of aromatic nitrogens is 2. The molecule has 1 N–H and O–H groups in total. The first-order valence-corrected chi connectivity index (χ1v) is 8.03. The van der Waals surface area contributed by atoms with Crippen molar-refractivity contribution in [2.45, 2.75) is 45.8 Å². The highest BCUT2D eigenvalue weighted by Crippen LogP contribution is 2.29. The van der Waals surface area contributed by atoms with Gasteiger partial charge < -0.3 is 10.1 Å². The molecule has 1 aliphatic rings. The van der Waals surface area contributed by atoms with E-state index in [-0.39, 0.29) is 12.0 Å². The minimum Gasteiger partial charge on any atom is -0.490 e. The average molecular weight is 311 g/mol. The molecule has 0 bridgehead atoms. The summed E-state index contributed by atoms with van der Waals surface area (Å²) < 4.78 is 5.70. The third-order valence-corrected chi connectivity index (χ3v) is 3.94. The lowest BCUT2D eigenvalue weighted by atomic mass is 10.1. The topological polar surface area (TPSA) is 64.1 Å². The van der Waals surface area contributed by atoms with Crippen LogP contribution in [0.2, 0.25) is 0 Å². The molecule has 0 unspecified atom stereocenters. The highest BCUT2D eigenvalue weighted by Gasteiger charge is 2.19. The van der Waals surface area contributed by atoms with Crippen LogP contribution in [-0.2, 0) is 19.4 Å². The number of hydrogen-bond acceptors (Lipinski definition) is 4. The Balaban J connectivity index is 1.67. The molecule has 120 valence electrons. The van der Waals surface area contributed by atoms with E-state index in [1.165, 1.54) is 11.9 Å². The molecule has 1 aromatic carbocycles. The molecular weight excluding hydrogens is 290 g/mol. The van der Waals surface area contributed by atoms with E-state index >= 15 is 0 Å². The first kappa shape index (κ1) is 15.5. The Hall–Kier alpha value is -2.43. The number of fused-ring (bicyclic) bond motifs is 1. The van der Waals surface area contributed by atoms with Crippen molar-refractivity contribution in [2.75, 3.05) is 0 Å². The molecule has 1 amide bonds. The van der Waals surface area contributed by atoms with E-state index in [4.69, 9.17) is 4.74 Å². The maximum Gasteiger partial charge on any atom is 0.254 e. The number of nitrogens with one attached hydrogen (secondary N) is 1. The Morgan fingerprint density at radius 1 is 1.43 bits per heavy atom. The third-order valence-electron chi connectivity index (χ3n) is 3.94. The van der Waals surface area contributed by atoms with Gasteiger partial charge in [-0.05, 0) is 30.5 Å². The van der Waals surface area contributed by atoms with E-state index in [0.29, 0.717) is 12.1 Å². The van der Waals surface area contributed by atoms with Gasteiger partial charge in [-0.2, -0.15) is 0 Å². The zero-order valence-electron chi connectivity index (χ0n) is 13.5. The molecule has 5 heteroatoms. The van der Waals surface area contributed by atoms with Crippen LogP contribution in [0.5, 0.6) is 5.75 Å². The van der Waals surface area contributed by atoms with Crippen LogP contribution in [0.4, 0.5) is 0 Å². The second-order valence-corrected chi connectivity index (χ2v) is 5.89. The molecule has 1 aromatic heterocycles. The molecule has 0 saturated carbocycles. The number of rotatable bonds is 5. The van der Waals surface area contributed by atoms with Crippen molar-refractivity contribution in [1.82, 2.24) is 15.3 Å². The summed E-state index contributed by atoms with van der Waals surface area (Å²) in [6.45, 7) is 4.62. The van der Waals surface area contributed by atoms with Crippen LogP contribution in [0.15, 0.2) is 30.7 Å². The van der Waals surface area contributed by atoms with Crippen molar-refractivity contribution in [1.29, 1.82) is 0 Å². The fraction of sp³-hybridized carbons (Fsp3) is 0.389. The molecule has 0 fully saturated rings. The summed E-state index contributed by atoms with van der Waals surface area (Å²) in [5.41, 5.74) is 3.64. The number of nitrogens with zero attached hydrogens (tertiary/aromatic N) is 2. The third kappa shape index (κ3) is 3.50. The van der Waals surface area contributed by atoms with Crippen molar-refractivity contribution < 1.29 is 9.53 Å². The van der Waals surface area contributed by atoms with Gasteiger partial charge in [-0.25, -0.2) is 9.97 Å². The number of hydrogen-bond donors (Lipinski definition) is 1. The summed E-state index contributed by atoms with van der Waals surface area (Å²) in [4.78, 5) is 20.6. The summed E-state index contributed by atoms with van der Waals surface area (Å²) in [6, 6.07) is 6.08.